The molecular weight excluding hydrogens is 417 g/mol. The van der Waals surface area contributed by atoms with Crippen LogP contribution in [0.3, 0.4) is 0 Å². The van der Waals surface area contributed by atoms with Crippen LogP contribution in [-0.4, -0.2) is 11.8 Å². The quantitative estimate of drug-likeness (QED) is 0.412. The molecule has 1 unspecified atom stereocenters. The maximum atomic E-state index is 14.0. The Hall–Kier alpha value is -3.64. The minimum atomic E-state index is -1.20. The van der Waals surface area contributed by atoms with Crippen LogP contribution in [0.5, 0.6) is 0 Å². The van der Waals surface area contributed by atoms with Crippen LogP contribution in [0.15, 0.2) is 91.3 Å². The third-order valence-electron chi connectivity index (χ3n) is 4.61. The zero-order chi connectivity index (χ0) is 22.4. The van der Waals surface area contributed by atoms with E-state index in [-0.39, 0.29) is 12.2 Å². The number of nitrogens with zero attached hydrogens (tertiary/aromatic N) is 1. The lowest BCUT2D eigenvalue weighted by molar-refractivity contribution is -0.126. The summed E-state index contributed by atoms with van der Waals surface area (Å²) in [4.78, 5) is 27.2. The van der Waals surface area contributed by atoms with Gasteiger partial charge in [0.1, 0.15) is 6.04 Å². The Bertz CT molecular complexity index is 1090. The highest BCUT2D eigenvalue weighted by Crippen LogP contribution is 2.31. The minimum Gasteiger partial charge on any atom is -0.399 e. The first-order chi connectivity index (χ1) is 14.9. The van der Waals surface area contributed by atoms with Gasteiger partial charge in [-0.15, -0.1) is 0 Å². The van der Waals surface area contributed by atoms with Crippen LogP contribution in [0, 0.1) is 0 Å². The SMILES string of the molecule is C=C(F)C(=O)N(c1cccc(Cl)c1)C(C(=O)NCc1ccccc1)c1ccc(N)cc1. The Morgan fingerprint density at radius 1 is 1.03 bits per heavy atom. The van der Waals surface area contributed by atoms with Crippen LogP contribution in [0.25, 0.3) is 0 Å². The molecule has 0 aliphatic carbocycles. The number of hydrogen-bond donors (Lipinski definition) is 2. The second-order valence-electron chi connectivity index (χ2n) is 6.83. The molecule has 0 aliphatic heterocycles. The predicted molar refractivity (Wildman–Crippen MR) is 121 cm³/mol. The number of amides is 2. The lowest BCUT2D eigenvalue weighted by Crippen LogP contribution is -2.44. The van der Waals surface area contributed by atoms with E-state index >= 15 is 0 Å². The fourth-order valence-electron chi connectivity index (χ4n) is 3.12. The van der Waals surface area contributed by atoms with Crippen molar-refractivity contribution in [3.63, 3.8) is 0 Å². The van der Waals surface area contributed by atoms with Gasteiger partial charge in [0.25, 0.3) is 5.91 Å². The van der Waals surface area contributed by atoms with Gasteiger partial charge in [-0.05, 0) is 41.5 Å². The molecule has 0 spiro atoms. The Balaban J connectivity index is 2.04. The van der Waals surface area contributed by atoms with Crippen LogP contribution < -0.4 is 16.0 Å². The number of nitrogen functional groups attached to an aromatic ring is 1. The first kappa shape index (κ1) is 22.1. The highest BCUT2D eigenvalue weighted by atomic mass is 35.5. The number of rotatable bonds is 7. The van der Waals surface area contributed by atoms with Crippen molar-refractivity contribution in [2.75, 3.05) is 10.6 Å². The van der Waals surface area contributed by atoms with Gasteiger partial charge >= 0.3 is 0 Å². The summed E-state index contributed by atoms with van der Waals surface area (Å²) in [6, 6.07) is 20.9. The molecule has 0 radical (unpaired) electrons. The third kappa shape index (κ3) is 5.49. The summed E-state index contributed by atoms with van der Waals surface area (Å²) in [5, 5.41) is 3.16. The van der Waals surface area contributed by atoms with E-state index in [1.807, 2.05) is 30.3 Å². The fourth-order valence-corrected chi connectivity index (χ4v) is 3.30. The fraction of sp³-hybridized carbons (Fsp3) is 0.0833. The number of carbonyl (C=O) groups is 2. The van der Waals surface area contributed by atoms with Crippen molar-refractivity contribution in [1.82, 2.24) is 5.32 Å². The van der Waals surface area contributed by atoms with Gasteiger partial charge in [0.15, 0.2) is 5.83 Å². The van der Waals surface area contributed by atoms with Crippen molar-refractivity contribution in [2.24, 2.45) is 0 Å². The molecule has 2 amide bonds. The maximum Gasteiger partial charge on any atom is 0.287 e. The summed E-state index contributed by atoms with van der Waals surface area (Å²) < 4.78 is 14.0. The first-order valence-electron chi connectivity index (χ1n) is 9.47. The number of halogens is 2. The van der Waals surface area contributed by atoms with E-state index in [9.17, 15) is 14.0 Å². The second-order valence-corrected chi connectivity index (χ2v) is 7.27. The van der Waals surface area contributed by atoms with Gasteiger partial charge in [0, 0.05) is 22.9 Å². The average molecular weight is 438 g/mol. The van der Waals surface area contributed by atoms with Crippen molar-refractivity contribution in [3.8, 4) is 0 Å². The molecule has 0 aliphatic rings. The van der Waals surface area contributed by atoms with Crippen molar-refractivity contribution in [3.05, 3.63) is 107 Å². The van der Waals surface area contributed by atoms with E-state index < -0.39 is 23.7 Å². The smallest absolute Gasteiger partial charge is 0.287 e. The third-order valence-corrected chi connectivity index (χ3v) is 4.84. The Labute approximate surface area is 184 Å². The molecule has 0 aromatic heterocycles. The van der Waals surface area contributed by atoms with Gasteiger partial charge in [-0.3, -0.25) is 14.5 Å². The van der Waals surface area contributed by atoms with E-state index in [4.69, 9.17) is 17.3 Å². The monoisotopic (exact) mass is 437 g/mol. The summed E-state index contributed by atoms with van der Waals surface area (Å²) in [6.07, 6.45) is 0. The van der Waals surface area contributed by atoms with E-state index in [1.165, 1.54) is 6.07 Å². The zero-order valence-corrected chi connectivity index (χ0v) is 17.4. The maximum absolute atomic E-state index is 14.0. The van der Waals surface area contributed by atoms with Gasteiger partial charge in [0.2, 0.25) is 5.91 Å². The lowest BCUT2D eigenvalue weighted by Gasteiger charge is -2.31. The molecule has 31 heavy (non-hydrogen) atoms. The topological polar surface area (TPSA) is 75.4 Å². The Kier molecular flexibility index (Phi) is 7.05. The van der Waals surface area contributed by atoms with E-state index in [2.05, 4.69) is 11.9 Å². The average Bonchev–Trinajstić information content (AvgIpc) is 2.77. The summed E-state index contributed by atoms with van der Waals surface area (Å²) in [7, 11) is 0. The van der Waals surface area contributed by atoms with Gasteiger partial charge < -0.3 is 11.1 Å². The molecule has 3 aromatic carbocycles. The van der Waals surface area contributed by atoms with Crippen molar-refractivity contribution < 1.29 is 14.0 Å². The predicted octanol–water partition coefficient (Wildman–Crippen LogP) is 4.80. The number of carbonyl (C=O) groups excluding carboxylic acids is 2. The Morgan fingerprint density at radius 2 is 1.71 bits per heavy atom. The van der Waals surface area contributed by atoms with Gasteiger partial charge in [0.05, 0.1) is 0 Å². The molecule has 5 nitrogen and oxygen atoms in total. The zero-order valence-electron chi connectivity index (χ0n) is 16.6. The standard InChI is InChI=1S/C24H21ClFN3O2/c1-16(26)24(31)29(21-9-5-8-19(25)14-21)22(18-10-12-20(27)13-11-18)23(30)28-15-17-6-3-2-4-7-17/h2-14,22H,1,15,27H2,(H,28,30). The summed E-state index contributed by atoms with van der Waals surface area (Å²) in [6.45, 7) is 3.36. The van der Waals surface area contributed by atoms with Gasteiger partial charge in [-0.25, -0.2) is 4.39 Å². The molecule has 3 aromatic rings. The van der Waals surface area contributed by atoms with Gasteiger partial charge in [-0.2, -0.15) is 0 Å². The van der Waals surface area contributed by atoms with Crippen LogP contribution in [-0.2, 0) is 16.1 Å². The number of anilines is 2. The van der Waals surface area contributed by atoms with E-state index in [0.29, 0.717) is 16.3 Å². The second kappa shape index (κ2) is 9.91. The molecule has 0 saturated carbocycles. The van der Waals surface area contributed by atoms with Crippen molar-refractivity contribution >= 4 is 34.8 Å². The molecule has 158 valence electrons. The number of hydrogen-bond acceptors (Lipinski definition) is 3. The molecule has 0 fully saturated rings. The summed E-state index contributed by atoms with van der Waals surface area (Å²) >= 11 is 6.09. The number of nitrogens with one attached hydrogen (secondary N) is 1. The highest BCUT2D eigenvalue weighted by Gasteiger charge is 2.34. The molecule has 7 heteroatoms. The number of benzene rings is 3. The van der Waals surface area contributed by atoms with E-state index in [1.54, 1.807) is 42.5 Å². The highest BCUT2D eigenvalue weighted by molar-refractivity contribution is 6.31. The van der Waals surface area contributed by atoms with Crippen LogP contribution in [0.4, 0.5) is 15.8 Å². The molecule has 1 atom stereocenters. The molecule has 0 saturated heterocycles. The summed E-state index contributed by atoms with van der Waals surface area (Å²) in [5.41, 5.74) is 7.86. The van der Waals surface area contributed by atoms with Crippen molar-refractivity contribution in [1.29, 1.82) is 0 Å². The summed E-state index contributed by atoms with van der Waals surface area (Å²) in [5.74, 6) is -2.74. The molecule has 3 rings (SSSR count). The van der Waals surface area contributed by atoms with Gasteiger partial charge in [-0.1, -0.05) is 66.7 Å². The van der Waals surface area contributed by atoms with Crippen LogP contribution in [0.1, 0.15) is 17.2 Å². The van der Waals surface area contributed by atoms with Crippen molar-refractivity contribution in [2.45, 2.75) is 12.6 Å². The first-order valence-corrected chi connectivity index (χ1v) is 9.85. The van der Waals surface area contributed by atoms with E-state index in [0.717, 1.165) is 10.5 Å². The van der Waals surface area contributed by atoms with Crippen LogP contribution in [0.2, 0.25) is 5.02 Å². The molecular formula is C24H21ClFN3O2. The molecule has 3 N–H and O–H groups in total. The molecule has 0 bridgehead atoms. The Morgan fingerprint density at radius 3 is 2.32 bits per heavy atom. The largest absolute Gasteiger partial charge is 0.399 e. The molecule has 0 heterocycles. The minimum absolute atomic E-state index is 0.235. The number of nitrogens with two attached hydrogens (primary N) is 1. The normalized spacial score (nSPS) is 11.4. The van der Waals surface area contributed by atoms with Crippen LogP contribution >= 0.6 is 11.6 Å². The lowest BCUT2D eigenvalue weighted by atomic mass is 10.0.